The standard InChI is InChI=1S/C8H5BrCl2O2/c9-5-1-2-6(10)8(11)4(5)3-7(12)13/h1-2H,3H2,(H,12,13). The van der Waals surface area contributed by atoms with Crippen LogP contribution in [0, 0.1) is 0 Å². The van der Waals surface area contributed by atoms with E-state index < -0.39 is 5.97 Å². The lowest BCUT2D eigenvalue weighted by atomic mass is 10.1. The Labute approximate surface area is 93.6 Å². The van der Waals surface area contributed by atoms with Crippen LogP contribution >= 0.6 is 39.1 Å². The van der Waals surface area contributed by atoms with Crippen LogP contribution in [0.2, 0.25) is 10.0 Å². The van der Waals surface area contributed by atoms with Crippen molar-refractivity contribution in [1.82, 2.24) is 0 Å². The van der Waals surface area contributed by atoms with Gasteiger partial charge in [-0.2, -0.15) is 0 Å². The summed E-state index contributed by atoms with van der Waals surface area (Å²) in [5.74, 6) is -0.940. The van der Waals surface area contributed by atoms with E-state index in [-0.39, 0.29) is 6.42 Å². The highest BCUT2D eigenvalue weighted by atomic mass is 79.9. The largest absolute Gasteiger partial charge is 0.481 e. The van der Waals surface area contributed by atoms with Gasteiger partial charge in [-0.1, -0.05) is 39.1 Å². The molecule has 0 bridgehead atoms. The highest BCUT2D eigenvalue weighted by molar-refractivity contribution is 9.10. The molecule has 0 saturated heterocycles. The highest BCUT2D eigenvalue weighted by Gasteiger charge is 2.11. The van der Waals surface area contributed by atoms with Gasteiger partial charge in [-0.25, -0.2) is 0 Å². The Bertz CT molecular complexity index is 352. The normalized spacial score (nSPS) is 10.1. The van der Waals surface area contributed by atoms with Crippen LogP contribution in [0.25, 0.3) is 0 Å². The van der Waals surface area contributed by atoms with E-state index in [0.717, 1.165) is 0 Å². The average Bonchev–Trinajstić information content (AvgIpc) is 2.05. The minimum absolute atomic E-state index is 0.139. The van der Waals surface area contributed by atoms with E-state index in [1.165, 1.54) is 0 Å². The summed E-state index contributed by atoms with van der Waals surface area (Å²) in [5, 5.41) is 9.24. The maximum atomic E-state index is 10.5. The molecule has 1 aromatic rings. The maximum Gasteiger partial charge on any atom is 0.307 e. The fraction of sp³-hybridized carbons (Fsp3) is 0.125. The Morgan fingerprint density at radius 3 is 2.62 bits per heavy atom. The molecule has 1 aromatic carbocycles. The first-order chi connectivity index (χ1) is 6.02. The molecule has 0 spiro atoms. The molecular formula is C8H5BrCl2O2. The minimum Gasteiger partial charge on any atom is -0.481 e. The van der Waals surface area contributed by atoms with Crippen molar-refractivity contribution in [3.63, 3.8) is 0 Å². The molecule has 0 amide bonds. The van der Waals surface area contributed by atoms with Crippen LogP contribution in [-0.4, -0.2) is 11.1 Å². The van der Waals surface area contributed by atoms with Crippen LogP contribution < -0.4 is 0 Å². The van der Waals surface area contributed by atoms with E-state index in [2.05, 4.69) is 15.9 Å². The lowest BCUT2D eigenvalue weighted by Gasteiger charge is -2.05. The quantitative estimate of drug-likeness (QED) is 0.845. The van der Waals surface area contributed by atoms with Crippen LogP contribution in [0.3, 0.4) is 0 Å². The number of carboxylic acids is 1. The third kappa shape index (κ3) is 2.59. The summed E-state index contributed by atoms with van der Waals surface area (Å²) in [6.45, 7) is 0. The summed E-state index contributed by atoms with van der Waals surface area (Å²) in [5.41, 5.74) is 0.502. The van der Waals surface area contributed by atoms with Gasteiger partial charge in [-0.05, 0) is 17.7 Å². The molecule has 0 unspecified atom stereocenters. The number of halogens is 3. The Balaban J connectivity index is 3.17. The molecule has 0 aliphatic heterocycles. The zero-order chi connectivity index (χ0) is 10.0. The second-order valence-corrected chi connectivity index (χ2v) is 4.03. The summed E-state index contributed by atoms with van der Waals surface area (Å²) in [7, 11) is 0. The molecule has 2 nitrogen and oxygen atoms in total. The highest BCUT2D eigenvalue weighted by Crippen LogP contribution is 2.31. The molecule has 13 heavy (non-hydrogen) atoms. The lowest BCUT2D eigenvalue weighted by molar-refractivity contribution is -0.136. The summed E-state index contributed by atoms with van der Waals surface area (Å²) in [4.78, 5) is 10.5. The topological polar surface area (TPSA) is 37.3 Å². The summed E-state index contributed by atoms with van der Waals surface area (Å²) >= 11 is 14.7. The van der Waals surface area contributed by atoms with Crippen LogP contribution in [0.5, 0.6) is 0 Å². The van der Waals surface area contributed by atoms with E-state index in [1.54, 1.807) is 12.1 Å². The Hall–Kier alpha value is -0.250. The van der Waals surface area contributed by atoms with E-state index in [4.69, 9.17) is 28.3 Å². The summed E-state index contributed by atoms with van der Waals surface area (Å²) < 4.78 is 0.657. The molecule has 70 valence electrons. The van der Waals surface area contributed by atoms with Gasteiger partial charge in [0.25, 0.3) is 0 Å². The number of aliphatic carboxylic acids is 1. The predicted octanol–water partition coefficient (Wildman–Crippen LogP) is 3.38. The Morgan fingerprint density at radius 1 is 1.46 bits per heavy atom. The average molecular weight is 284 g/mol. The van der Waals surface area contributed by atoms with E-state index in [9.17, 15) is 4.79 Å². The molecule has 0 aliphatic rings. The first-order valence-electron chi connectivity index (χ1n) is 3.36. The number of rotatable bonds is 2. The fourth-order valence-electron chi connectivity index (χ4n) is 0.882. The van der Waals surface area contributed by atoms with Crippen LogP contribution in [0.4, 0.5) is 0 Å². The maximum absolute atomic E-state index is 10.5. The van der Waals surface area contributed by atoms with Gasteiger partial charge in [-0.3, -0.25) is 4.79 Å². The van der Waals surface area contributed by atoms with Gasteiger partial charge in [0.05, 0.1) is 16.5 Å². The Morgan fingerprint density at radius 2 is 2.08 bits per heavy atom. The fourth-order valence-corrected chi connectivity index (χ4v) is 1.88. The van der Waals surface area contributed by atoms with E-state index >= 15 is 0 Å². The molecule has 5 heteroatoms. The van der Waals surface area contributed by atoms with Gasteiger partial charge in [-0.15, -0.1) is 0 Å². The summed E-state index contributed by atoms with van der Waals surface area (Å²) in [6, 6.07) is 3.28. The van der Waals surface area contributed by atoms with Crippen molar-refractivity contribution in [3.05, 3.63) is 32.2 Å². The van der Waals surface area contributed by atoms with Crippen molar-refractivity contribution in [3.8, 4) is 0 Å². The van der Waals surface area contributed by atoms with Crippen molar-refractivity contribution in [2.24, 2.45) is 0 Å². The minimum atomic E-state index is -0.940. The van der Waals surface area contributed by atoms with Crippen molar-refractivity contribution >= 4 is 45.1 Å². The zero-order valence-electron chi connectivity index (χ0n) is 6.35. The van der Waals surface area contributed by atoms with E-state index in [0.29, 0.717) is 20.1 Å². The molecular weight excluding hydrogens is 279 g/mol. The van der Waals surface area contributed by atoms with Gasteiger partial charge in [0.1, 0.15) is 0 Å². The van der Waals surface area contributed by atoms with Crippen LogP contribution in [0.15, 0.2) is 16.6 Å². The third-order valence-electron chi connectivity index (χ3n) is 1.47. The third-order valence-corrected chi connectivity index (χ3v) is 3.05. The molecule has 1 N–H and O–H groups in total. The second kappa shape index (κ2) is 4.31. The molecule has 0 saturated carbocycles. The SMILES string of the molecule is O=C(O)Cc1c(Br)ccc(Cl)c1Cl. The van der Waals surface area contributed by atoms with Crippen molar-refractivity contribution < 1.29 is 9.90 Å². The molecule has 0 aromatic heterocycles. The second-order valence-electron chi connectivity index (χ2n) is 2.39. The lowest BCUT2D eigenvalue weighted by Crippen LogP contribution is -2.01. The predicted molar refractivity (Wildman–Crippen MR) is 55.5 cm³/mol. The monoisotopic (exact) mass is 282 g/mol. The molecule has 0 atom stereocenters. The number of carboxylic acid groups (broad SMARTS) is 1. The Kier molecular flexibility index (Phi) is 3.59. The molecule has 1 rings (SSSR count). The van der Waals surface area contributed by atoms with Crippen molar-refractivity contribution in [1.29, 1.82) is 0 Å². The first kappa shape index (κ1) is 10.8. The number of hydrogen-bond donors (Lipinski definition) is 1. The smallest absolute Gasteiger partial charge is 0.307 e. The van der Waals surface area contributed by atoms with Gasteiger partial charge >= 0.3 is 5.97 Å². The van der Waals surface area contributed by atoms with Crippen molar-refractivity contribution in [2.75, 3.05) is 0 Å². The molecule has 0 radical (unpaired) electrons. The van der Waals surface area contributed by atoms with Gasteiger partial charge in [0, 0.05) is 4.47 Å². The summed E-state index contributed by atoms with van der Waals surface area (Å²) in [6.07, 6.45) is -0.139. The van der Waals surface area contributed by atoms with Gasteiger partial charge in [0.2, 0.25) is 0 Å². The van der Waals surface area contributed by atoms with E-state index in [1.807, 2.05) is 0 Å². The number of benzene rings is 1. The number of hydrogen-bond acceptors (Lipinski definition) is 1. The van der Waals surface area contributed by atoms with Crippen LogP contribution in [0.1, 0.15) is 5.56 Å². The number of carbonyl (C=O) groups is 1. The van der Waals surface area contributed by atoms with Gasteiger partial charge in [0.15, 0.2) is 0 Å². The molecule has 0 aliphatic carbocycles. The first-order valence-corrected chi connectivity index (χ1v) is 4.91. The van der Waals surface area contributed by atoms with Crippen LogP contribution in [-0.2, 0) is 11.2 Å². The zero-order valence-corrected chi connectivity index (χ0v) is 9.45. The van der Waals surface area contributed by atoms with Gasteiger partial charge < -0.3 is 5.11 Å². The van der Waals surface area contributed by atoms with Crippen molar-refractivity contribution in [2.45, 2.75) is 6.42 Å². The molecule has 0 fully saturated rings. The molecule has 0 heterocycles.